The van der Waals surface area contributed by atoms with Crippen LogP contribution in [0, 0.1) is 5.41 Å². The van der Waals surface area contributed by atoms with E-state index in [0.717, 1.165) is 8.66 Å². The molecule has 1 saturated heterocycles. The van der Waals surface area contributed by atoms with Crippen LogP contribution in [-0.4, -0.2) is 24.3 Å². The van der Waals surface area contributed by atoms with Gasteiger partial charge in [0.25, 0.3) is 0 Å². The second-order valence-electron chi connectivity index (χ2n) is 3.57. The number of carboxylic acid groups (broad SMARTS) is 1. The van der Waals surface area contributed by atoms with E-state index in [1.54, 1.807) is 0 Å². The first-order valence-electron chi connectivity index (χ1n) is 4.38. The maximum absolute atomic E-state index is 11.2. The Morgan fingerprint density at radius 2 is 2.33 bits per heavy atom. The molecule has 1 aliphatic rings. The summed E-state index contributed by atoms with van der Waals surface area (Å²) in [6.45, 7) is 0.387. The molecule has 1 unspecified atom stereocenters. The van der Waals surface area contributed by atoms with Crippen molar-refractivity contribution in [3.63, 3.8) is 0 Å². The Labute approximate surface area is 99.2 Å². The number of halogens is 1. The predicted octanol–water partition coefficient (Wildman–Crippen LogP) is 1.61. The van der Waals surface area contributed by atoms with Crippen molar-refractivity contribution < 1.29 is 14.6 Å². The van der Waals surface area contributed by atoms with Crippen LogP contribution in [0.5, 0.6) is 0 Å². The van der Waals surface area contributed by atoms with Crippen LogP contribution in [0.15, 0.2) is 15.9 Å². The second-order valence-corrected chi connectivity index (χ2v) is 6.07. The lowest BCUT2D eigenvalue weighted by Gasteiger charge is -2.41. The van der Waals surface area contributed by atoms with Gasteiger partial charge in [0.1, 0.15) is 5.41 Å². The van der Waals surface area contributed by atoms with Crippen molar-refractivity contribution in [2.24, 2.45) is 11.1 Å². The lowest BCUT2D eigenvalue weighted by Crippen LogP contribution is -2.55. The number of aliphatic carboxylic acids is 1. The fraction of sp³-hybridized carbons (Fsp3) is 0.444. The van der Waals surface area contributed by atoms with E-state index < -0.39 is 17.4 Å². The molecular formula is C9H10BrNO3S. The van der Waals surface area contributed by atoms with Crippen molar-refractivity contribution in [1.82, 2.24) is 0 Å². The first-order valence-corrected chi connectivity index (χ1v) is 5.99. The smallest absolute Gasteiger partial charge is 0.316 e. The molecule has 3 N–H and O–H groups in total. The Kier molecular flexibility index (Phi) is 2.85. The first-order chi connectivity index (χ1) is 7.06. The molecule has 0 radical (unpaired) electrons. The molecule has 0 spiro atoms. The molecule has 1 fully saturated rings. The largest absolute Gasteiger partial charge is 0.481 e. The number of nitrogens with two attached hydrogens (primary N) is 1. The molecule has 82 valence electrons. The van der Waals surface area contributed by atoms with Gasteiger partial charge in [-0.2, -0.15) is 0 Å². The van der Waals surface area contributed by atoms with Gasteiger partial charge in [-0.3, -0.25) is 4.79 Å². The van der Waals surface area contributed by atoms with Gasteiger partial charge < -0.3 is 15.6 Å². The van der Waals surface area contributed by atoms with Gasteiger partial charge in [-0.15, -0.1) is 11.3 Å². The molecule has 1 aromatic heterocycles. The number of carbonyl (C=O) groups is 1. The fourth-order valence-electron chi connectivity index (χ4n) is 1.53. The number of thiophene rings is 1. The SMILES string of the molecule is NC(c1ccc(Br)s1)C1(C(=O)O)COC1. The summed E-state index contributed by atoms with van der Waals surface area (Å²) in [5.74, 6) is -0.884. The number of ether oxygens (including phenoxy) is 1. The molecular weight excluding hydrogens is 282 g/mol. The molecule has 1 aliphatic heterocycles. The average molecular weight is 292 g/mol. The zero-order valence-corrected chi connectivity index (χ0v) is 10.2. The van der Waals surface area contributed by atoms with Crippen LogP contribution >= 0.6 is 27.3 Å². The van der Waals surface area contributed by atoms with Crippen molar-refractivity contribution in [3.05, 3.63) is 20.8 Å². The van der Waals surface area contributed by atoms with Gasteiger partial charge in [0.2, 0.25) is 0 Å². The summed E-state index contributed by atoms with van der Waals surface area (Å²) in [5.41, 5.74) is 5.04. The third kappa shape index (κ3) is 1.71. The summed E-state index contributed by atoms with van der Waals surface area (Å²) in [5, 5.41) is 9.16. The van der Waals surface area contributed by atoms with Crippen molar-refractivity contribution >= 4 is 33.2 Å². The Morgan fingerprint density at radius 1 is 1.67 bits per heavy atom. The molecule has 1 aromatic rings. The van der Waals surface area contributed by atoms with Gasteiger partial charge in [0.15, 0.2) is 0 Å². The van der Waals surface area contributed by atoms with Gasteiger partial charge in [-0.25, -0.2) is 0 Å². The minimum atomic E-state index is -0.940. The van der Waals surface area contributed by atoms with Gasteiger partial charge in [0.05, 0.1) is 23.0 Å². The summed E-state index contributed by atoms with van der Waals surface area (Å²) < 4.78 is 5.93. The molecule has 2 heterocycles. The van der Waals surface area contributed by atoms with E-state index >= 15 is 0 Å². The minimum Gasteiger partial charge on any atom is -0.481 e. The van der Waals surface area contributed by atoms with Crippen LogP contribution in [0.1, 0.15) is 10.9 Å². The third-order valence-electron chi connectivity index (χ3n) is 2.64. The highest BCUT2D eigenvalue weighted by Crippen LogP contribution is 2.42. The topological polar surface area (TPSA) is 72.6 Å². The van der Waals surface area contributed by atoms with E-state index in [0.29, 0.717) is 0 Å². The summed E-state index contributed by atoms with van der Waals surface area (Å²) in [4.78, 5) is 12.0. The van der Waals surface area contributed by atoms with Crippen LogP contribution in [0.4, 0.5) is 0 Å². The number of rotatable bonds is 3. The van der Waals surface area contributed by atoms with Gasteiger partial charge in [-0.1, -0.05) is 0 Å². The van der Waals surface area contributed by atoms with E-state index in [1.807, 2.05) is 12.1 Å². The van der Waals surface area contributed by atoms with E-state index in [4.69, 9.17) is 15.6 Å². The summed E-state index contributed by atoms with van der Waals surface area (Å²) >= 11 is 4.79. The molecule has 6 heteroatoms. The van der Waals surface area contributed by atoms with Crippen LogP contribution < -0.4 is 5.73 Å². The van der Waals surface area contributed by atoms with E-state index in [2.05, 4.69) is 15.9 Å². The Hall–Kier alpha value is -0.430. The molecule has 0 saturated carbocycles. The lowest BCUT2D eigenvalue weighted by atomic mass is 9.78. The molecule has 0 aliphatic carbocycles. The number of carboxylic acids is 1. The Balaban J connectivity index is 2.26. The van der Waals surface area contributed by atoms with Gasteiger partial charge in [0, 0.05) is 4.88 Å². The number of hydrogen-bond acceptors (Lipinski definition) is 4. The maximum Gasteiger partial charge on any atom is 0.316 e. The molecule has 0 bridgehead atoms. The second kappa shape index (κ2) is 3.86. The average Bonchev–Trinajstić information content (AvgIpc) is 2.48. The third-order valence-corrected chi connectivity index (χ3v) is 4.35. The highest BCUT2D eigenvalue weighted by atomic mass is 79.9. The summed E-state index contributed by atoms with van der Waals surface area (Å²) in [7, 11) is 0. The van der Waals surface area contributed by atoms with Crippen LogP contribution in [0.25, 0.3) is 0 Å². The monoisotopic (exact) mass is 291 g/mol. The normalized spacial score (nSPS) is 20.7. The van der Waals surface area contributed by atoms with Crippen molar-refractivity contribution in [1.29, 1.82) is 0 Å². The standard InChI is InChI=1S/C9H10BrNO3S/c10-6-2-1-5(15-6)7(11)9(8(12)13)3-14-4-9/h1-2,7H,3-4,11H2,(H,12,13). The van der Waals surface area contributed by atoms with Gasteiger partial charge >= 0.3 is 5.97 Å². The molecule has 15 heavy (non-hydrogen) atoms. The predicted molar refractivity (Wildman–Crippen MR) is 59.8 cm³/mol. The lowest BCUT2D eigenvalue weighted by molar-refractivity contribution is -0.184. The first kappa shape index (κ1) is 11.1. The van der Waals surface area contributed by atoms with Crippen molar-refractivity contribution in [3.8, 4) is 0 Å². The van der Waals surface area contributed by atoms with Crippen molar-refractivity contribution in [2.75, 3.05) is 13.2 Å². The Morgan fingerprint density at radius 3 is 2.67 bits per heavy atom. The summed E-state index contributed by atoms with van der Waals surface area (Å²) in [6, 6.07) is 3.22. The van der Waals surface area contributed by atoms with Gasteiger partial charge in [-0.05, 0) is 28.1 Å². The molecule has 0 aromatic carbocycles. The van der Waals surface area contributed by atoms with E-state index in [9.17, 15) is 4.79 Å². The van der Waals surface area contributed by atoms with Crippen molar-refractivity contribution in [2.45, 2.75) is 6.04 Å². The number of hydrogen-bond donors (Lipinski definition) is 2. The zero-order valence-electron chi connectivity index (χ0n) is 7.77. The summed E-state index contributed by atoms with van der Waals surface area (Å²) in [6.07, 6.45) is 0. The molecule has 1 atom stereocenters. The highest BCUT2D eigenvalue weighted by Gasteiger charge is 2.52. The highest BCUT2D eigenvalue weighted by molar-refractivity contribution is 9.11. The van der Waals surface area contributed by atoms with E-state index in [1.165, 1.54) is 11.3 Å². The minimum absolute atomic E-state index is 0.193. The maximum atomic E-state index is 11.2. The molecule has 0 amide bonds. The van der Waals surface area contributed by atoms with Crippen LogP contribution in [0.3, 0.4) is 0 Å². The molecule has 2 rings (SSSR count). The zero-order chi connectivity index (χ0) is 11.1. The Bertz CT molecular complexity index is 388. The fourth-order valence-corrected chi connectivity index (χ4v) is 3.07. The molecule has 4 nitrogen and oxygen atoms in total. The van der Waals surface area contributed by atoms with E-state index in [-0.39, 0.29) is 13.2 Å². The van der Waals surface area contributed by atoms with Crippen LogP contribution in [-0.2, 0) is 9.53 Å². The van der Waals surface area contributed by atoms with Crippen LogP contribution in [0.2, 0.25) is 0 Å². The quantitative estimate of drug-likeness (QED) is 0.887.